The topological polar surface area (TPSA) is 12.0 Å². The SMILES string of the molecule is CCCNC(Cc1ccccc1Cl)Cc1ccccc1Br. The van der Waals surface area contributed by atoms with Crippen LogP contribution in [0.1, 0.15) is 24.5 Å². The van der Waals surface area contributed by atoms with Crippen molar-refractivity contribution < 1.29 is 0 Å². The van der Waals surface area contributed by atoms with Crippen molar-refractivity contribution in [1.82, 2.24) is 5.32 Å². The number of hydrogen-bond acceptors (Lipinski definition) is 1. The van der Waals surface area contributed by atoms with Gasteiger partial charge in [0.25, 0.3) is 0 Å². The summed E-state index contributed by atoms with van der Waals surface area (Å²) in [7, 11) is 0. The van der Waals surface area contributed by atoms with Gasteiger partial charge in [0.05, 0.1) is 0 Å². The van der Waals surface area contributed by atoms with Crippen molar-refractivity contribution in [2.75, 3.05) is 6.54 Å². The summed E-state index contributed by atoms with van der Waals surface area (Å²) in [5, 5.41) is 4.50. The maximum absolute atomic E-state index is 6.30. The van der Waals surface area contributed by atoms with Crippen molar-refractivity contribution in [3.63, 3.8) is 0 Å². The lowest BCUT2D eigenvalue weighted by molar-refractivity contribution is 0.504. The first-order chi connectivity index (χ1) is 10.2. The standard InChI is InChI=1S/C18H21BrClN/c1-2-11-21-16(12-14-7-3-5-9-17(14)19)13-15-8-4-6-10-18(15)20/h3-10,16,21H,2,11-13H2,1H3. The van der Waals surface area contributed by atoms with Crippen molar-refractivity contribution >= 4 is 27.5 Å². The third-order valence-corrected chi connectivity index (χ3v) is 4.67. The molecule has 3 heteroatoms. The minimum atomic E-state index is 0.392. The van der Waals surface area contributed by atoms with E-state index in [9.17, 15) is 0 Å². The molecular weight excluding hydrogens is 346 g/mol. The second-order valence-corrected chi connectivity index (χ2v) is 6.50. The van der Waals surface area contributed by atoms with Crippen molar-refractivity contribution in [3.8, 4) is 0 Å². The molecule has 112 valence electrons. The lowest BCUT2D eigenvalue weighted by Gasteiger charge is -2.20. The molecule has 2 aromatic rings. The van der Waals surface area contributed by atoms with Gasteiger partial charge in [-0.2, -0.15) is 0 Å². The monoisotopic (exact) mass is 365 g/mol. The van der Waals surface area contributed by atoms with Gasteiger partial charge in [0.2, 0.25) is 0 Å². The number of benzene rings is 2. The Labute approximate surface area is 140 Å². The molecule has 2 aromatic carbocycles. The van der Waals surface area contributed by atoms with Crippen LogP contribution in [0.15, 0.2) is 53.0 Å². The molecule has 0 spiro atoms. The Morgan fingerprint density at radius 3 is 2.29 bits per heavy atom. The van der Waals surface area contributed by atoms with Gasteiger partial charge in [-0.05, 0) is 49.1 Å². The molecule has 0 aliphatic heterocycles. The van der Waals surface area contributed by atoms with Gasteiger partial charge in [-0.15, -0.1) is 0 Å². The van der Waals surface area contributed by atoms with E-state index in [0.717, 1.165) is 30.8 Å². The zero-order valence-electron chi connectivity index (χ0n) is 12.3. The van der Waals surface area contributed by atoms with Gasteiger partial charge in [-0.1, -0.05) is 70.9 Å². The summed E-state index contributed by atoms with van der Waals surface area (Å²) in [5.41, 5.74) is 2.54. The lowest BCUT2D eigenvalue weighted by atomic mass is 9.99. The molecule has 0 saturated heterocycles. The molecule has 0 heterocycles. The summed E-state index contributed by atoms with van der Waals surface area (Å²) >= 11 is 9.94. The van der Waals surface area contributed by atoms with Gasteiger partial charge in [-0.3, -0.25) is 0 Å². The molecule has 21 heavy (non-hydrogen) atoms. The van der Waals surface area contributed by atoms with Crippen LogP contribution in [0.3, 0.4) is 0 Å². The Hall–Kier alpha value is -0.830. The Balaban J connectivity index is 2.11. The van der Waals surface area contributed by atoms with E-state index in [1.165, 1.54) is 15.6 Å². The minimum absolute atomic E-state index is 0.392. The molecule has 1 N–H and O–H groups in total. The Bertz CT molecular complexity index is 523. The van der Waals surface area contributed by atoms with Crippen molar-refractivity contribution in [3.05, 3.63) is 69.2 Å². The molecule has 2 rings (SSSR count). The first-order valence-electron chi connectivity index (χ1n) is 7.41. The van der Waals surface area contributed by atoms with Gasteiger partial charge < -0.3 is 5.32 Å². The second-order valence-electron chi connectivity index (χ2n) is 5.24. The summed E-state index contributed by atoms with van der Waals surface area (Å²) in [6, 6.07) is 16.9. The average Bonchev–Trinajstić information content (AvgIpc) is 2.49. The van der Waals surface area contributed by atoms with E-state index < -0.39 is 0 Å². The normalized spacial score (nSPS) is 12.3. The molecule has 1 atom stereocenters. The minimum Gasteiger partial charge on any atom is -0.313 e. The van der Waals surface area contributed by atoms with Crippen LogP contribution in [-0.4, -0.2) is 12.6 Å². The Morgan fingerprint density at radius 1 is 1.00 bits per heavy atom. The van der Waals surface area contributed by atoms with Crippen LogP contribution in [0.5, 0.6) is 0 Å². The lowest BCUT2D eigenvalue weighted by Crippen LogP contribution is -2.34. The van der Waals surface area contributed by atoms with Crippen LogP contribution >= 0.6 is 27.5 Å². The predicted octanol–water partition coefficient (Wildman–Crippen LogP) is 5.26. The van der Waals surface area contributed by atoms with E-state index in [0.29, 0.717) is 6.04 Å². The van der Waals surface area contributed by atoms with E-state index >= 15 is 0 Å². The number of halogens is 2. The molecule has 1 unspecified atom stereocenters. The highest BCUT2D eigenvalue weighted by molar-refractivity contribution is 9.10. The molecular formula is C18H21BrClN. The maximum Gasteiger partial charge on any atom is 0.0438 e. The molecule has 0 bridgehead atoms. The van der Waals surface area contributed by atoms with E-state index in [2.05, 4.69) is 64.6 Å². The zero-order valence-corrected chi connectivity index (χ0v) is 14.6. The smallest absolute Gasteiger partial charge is 0.0438 e. The summed E-state index contributed by atoms with van der Waals surface area (Å²) in [6.07, 6.45) is 3.07. The number of nitrogens with one attached hydrogen (secondary N) is 1. The van der Waals surface area contributed by atoms with Gasteiger partial charge in [0.1, 0.15) is 0 Å². The highest BCUT2D eigenvalue weighted by atomic mass is 79.9. The van der Waals surface area contributed by atoms with E-state index in [1.807, 2.05) is 12.1 Å². The summed E-state index contributed by atoms with van der Waals surface area (Å²) in [6.45, 7) is 3.22. The third-order valence-electron chi connectivity index (χ3n) is 3.53. The number of rotatable bonds is 7. The Kier molecular flexibility index (Phi) is 6.75. The largest absolute Gasteiger partial charge is 0.313 e. The van der Waals surface area contributed by atoms with Crippen LogP contribution in [-0.2, 0) is 12.8 Å². The Morgan fingerprint density at radius 2 is 1.62 bits per heavy atom. The predicted molar refractivity (Wildman–Crippen MR) is 95.1 cm³/mol. The first-order valence-corrected chi connectivity index (χ1v) is 8.58. The summed E-state index contributed by atoms with van der Waals surface area (Å²) in [4.78, 5) is 0. The van der Waals surface area contributed by atoms with Crippen molar-refractivity contribution in [2.45, 2.75) is 32.2 Å². The quantitative estimate of drug-likeness (QED) is 0.705. The molecule has 0 saturated carbocycles. The van der Waals surface area contributed by atoms with Crippen LogP contribution in [0, 0.1) is 0 Å². The molecule has 1 nitrogen and oxygen atoms in total. The van der Waals surface area contributed by atoms with Crippen LogP contribution in [0.2, 0.25) is 5.02 Å². The zero-order chi connectivity index (χ0) is 15.1. The molecule has 0 aliphatic carbocycles. The highest BCUT2D eigenvalue weighted by Gasteiger charge is 2.13. The molecule has 0 amide bonds. The summed E-state index contributed by atoms with van der Waals surface area (Å²) < 4.78 is 1.17. The fourth-order valence-corrected chi connectivity index (χ4v) is 3.08. The van der Waals surface area contributed by atoms with Crippen LogP contribution < -0.4 is 5.32 Å². The van der Waals surface area contributed by atoms with E-state index in [1.54, 1.807) is 0 Å². The maximum atomic E-state index is 6.30. The van der Waals surface area contributed by atoms with Crippen LogP contribution in [0.4, 0.5) is 0 Å². The molecule has 0 aromatic heterocycles. The van der Waals surface area contributed by atoms with Gasteiger partial charge in [-0.25, -0.2) is 0 Å². The molecule has 0 radical (unpaired) electrons. The third kappa shape index (κ3) is 5.14. The van der Waals surface area contributed by atoms with E-state index in [4.69, 9.17) is 11.6 Å². The van der Waals surface area contributed by atoms with Crippen molar-refractivity contribution in [1.29, 1.82) is 0 Å². The fraction of sp³-hybridized carbons (Fsp3) is 0.333. The van der Waals surface area contributed by atoms with Crippen LogP contribution in [0.25, 0.3) is 0 Å². The fourth-order valence-electron chi connectivity index (χ4n) is 2.42. The first kappa shape index (κ1) is 16.5. The molecule has 0 aliphatic rings. The van der Waals surface area contributed by atoms with E-state index in [-0.39, 0.29) is 0 Å². The van der Waals surface area contributed by atoms with Crippen molar-refractivity contribution in [2.24, 2.45) is 0 Å². The highest BCUT2D eigenvalue weighted by Crippen LogP contribution is 2.21. The average molecular weight is 367 g/mol. The second kappa shape index (κ2) is 8.57. The van der Waals surface area contributed by atoms with Gasteiger partial charge in [0.15, 0.2) is 0 Å². The summed E-state index contributed by atoms with van der Waals surface area (Å²) in [5.74, 6) is 0. The number of hydrogen-bond donors (Lipinski definition) is 1. The van der Waals surface area contributed by atoms with Gasteiger partial charge in [0, 0.05) is 15.5 Å². The van der Waals surface area contributed by atoms with Gasteiger partial charge >= 0.3 is 0 Å². The molecule has 0 fully saturated rings.